The van der Waals surface area contributed by atoms with Crippen LogP contribution in [0.25, 0.3) is 22.3 Å². The van der Waals surface area contributed by atoms with Gasteiger partial charge in [-0.15, -0.1) is 0 Å². The molecule has 0 saturated carbocycles. The van der Waals surface area contributed by atoms with Crippen LogP contribution in [0.2, 0.25) is 0 Å². The summed E-state index contributed by atoms with van der Waals surface area (Å²) in [5.74, 6) is 1.62. The highest BCUT2D eigenvalue weighted by Crippen LogP contribution is 2.47. The van der Waals surface area contributed by atoms with Gasteiger partial charge in [0.25, 0.3) is 6.71 Å². The van der Waals surface area contributed by atoms with Crippen LogP contribution in [0, 0.1) is 0 Å². The minimum Gasteiger partial charge on any atom is -0.311 e. The van der Waals surface area contributed by atoms with E-state index < -0.39 is 0 Å². The van der Waals surface area contributed by atoms with Gasteiger partial charge in [-0.05, 0) is 139 Å². The van der Waals surface area contributed by atoms with E-state index in [1.807, 2.05) is 0 Å². The molecule has 0 spiro atoms. The lowest BCUT2D eigenvalue weighted by Gasteiger charge is -2.45. The molecule has 0 bridgehead atoms. The van der Waals surface area contributed by atoms with Gasteiger partial charge in [-0.25, -0.2) is 0 Å². The van der Waals surface area contributed by atoms with Crippen molar-refractivity contribution in [1.29, 1.82) is 0 Å². The number of anilines is 6. The predicted octanol–water partition coefficient (Wildman–Crippen LogP) is 13.6. The fourth-order valence-corrected chi connectivity index (χ4v) is 9.01. The quantitative estimate of drug-likeness (QED) is 0.143. The Balaban J connectivity index is 1.39. The first-order chi connectivity index (χ1) is 27.6. The van der Waals surface area contributed by atoms with E-state index in [4.69, 9.17) is 0 Å². The molecule has 7 aromatic rings. The summed E-state index contributed by atoms with van der Waals surface area (Å²) in [6, 6.07) is 57.8. The van der Waals surface area contributed by atoms with Crippen LogP contribution in [-0.4, -0.2) is 6.71 Å². The number of hydrogen-bond donors (Lipinski definition) is 0. The molecule has 2 aliphatic rings. The van der Waals surface area contributed by atoms with Crippen molar-refractivity contribution in [2.45, 2.75) is 79.1 Å². The summed E-state index contributed by atoms with van der Waals surface area (Å²) >= 11 is 0. The Morgan fingerprint density at radius 3 is 1.19 bits per heavy atom. The van der Waals surface area contributed by atoms with Gasteiger partial charge in [0.05, 0.1) is 0 Å². The van der Waals surface area contributed by atoms with Gasteiger partial charge in [0.2, 0.25) is 0 Å². The number of benzene rings is 7. The molecule has 2 aliphatic heterocycles. The average Bonchev–Trinajstić information content (AvgIpc) is 3.23. The van der Waals surface area contributed by atoms with Crippen LogP contribution in [0.15, 0.2) is 152 Å². The van der Waals surface area contributed by atoms with Crippen molar-refractivity contribution in [2.24, 2.45) is 0 Å². The zero-order valence-electron chi connectivity index (χ0n) is 34.7. The summed E-state index contributed by atoms with van der Waals surface area (Å²) in [5, 5.41) is 0. The largest absolute Gasteiger partial charge is 0.311 e. The Morgan fingerprint density at radius 1 is 0.333 bits per heavy atom. The Hall–Kier alpha value is -5.80. The van der Waals surface area contributed by atoms with E-state index >= 15 is 0 Å². The number of hydrogen-bond acceptors (Lipinski definition) is 2. The Kier molecular flexibility index (Phi) is 9.44. The highest BCUT2D eigenvalue weighted by Gasteiger charge is 2.44. The van der Waals surface area contributed by atoms with Crippen LogP contribution in [0.3, 0.4) is 0 Å². The van der Waals surface area contributed by atoms with Gasteiger partial charge in [-0.3, -0.25) is 0 Å². The second-order valence-corrected chi connectivity index (χ2v) is 17.4. The van der Waals surface area contributed by atoms with Gasteiger partial charge in [-0.2, -0.15) is 0 Å². The summed E-state index contributed by atoms with van der Waals surface area (Å²) in [7, 11) is 0. The molecule has 0 N–H and O–H groups in total. The predicted molar refractivity (Wildman–Crippen MR) is 248 cm³/mol. The summed E-state index contributed by atoms with van der Waals surface area (Å²) < 4.78 is 0. The van der Waals surface area contributed by atoms with Gasteiger partial charge in [0, 0.05) is 34.1 Å². The minimum atomic E-state index is 0.0759. The molecule has 0 aliphatic carbocycles. The molecule has 0 fully saturated rings. The second kappa shape index (κ2) is 14.6. The van der Waals surface area contributed by atoms with Crippen LogP contribution < -0.4 is 26.2 Å². The van der Waals surface area contributed by atoms with E-state index in [0.29, 0.717) is 23.7 Å². The Labute approximate surface area is 340 Å². The maximum absolute atomic E-state index is 2.59. The molecule has 7 aromatic carbocycles. The average molecular weight is 741 g/mol. The van der Waals surface area contributed by atoms with Crippen molar-refractivity contribution in [3.63, 3.8) is 0 Å². The van der Waals surface area contributed by atoms with Gasteiger partial charge in [0.15, 0.2) is 0 Å². The van der Waals surface area contributed by atoms with E-state index in [2.05, 4.69) is 217 Å². The summed E-state index contributed by atoms with van der Waals surface area (Å²) in [5.41, 5.74) is 21.8. The van der Waals surface area contributed by atoms with Crippen molar-refractivity contribution < 1.29 is 0 Å². The Bertz CT molecular complexity index is 2530. The molecule has 282 valence electrons. The molecule has 2 nitrogen and oxygen atoms in total. The smallest absolute Gasteiger partial charge is 0.252 e. The lowest BCUT2D eigenvalue weighted by Crippen LogP contribution is -2.61. The second-order valence-electron chi connectivity index (χ2n) is 17.4. The van der Waals surface area contributed by atoms with E-state index in [1.165, 1.54) is 95.0 Å². The molecule has 0 aromatic heterocycles. The molecule has 57 heavy (non-hydrogen) atoms. The van der Waals surface area contributed by atoms with Gasteiger partial charge < -0.3 is 9.80 Å². The molecule has 2 heterocycles. The van der Waals surface area contributed by atoms with E-state index in [-0.39, 0.29) is 6.71 Å². The van der Waals surface area contributed by atoms with E-state index in [0.717, 1.165) is 0 Å². The Morgan fingerprint density at radius 2 is 0.754 bits per heavy atom. The lowest BCUT2D eigenvalue weighted by molar-refractivity contribution is 0.864. The van der Waals surface area contributed by atoms with E-state index in [9.17, 15) is 0 Å². The van der Waals surface area contributed by atoms with Gasteiger partial charge in [0.1, 0.15) is 0 Å². The third-order valence-corrected chi connectivity index (χ3v) is 12.3. The highest BCUT2D eigenvalue weighted by atomic mass is 15.2. The van der Waals surface area contributed by atoms with E-state index in [1.54, 1.807) is 0 Å². The standard InChI is InChI=1S/C54H53BN2/c1-34(2)38-19-23-46(24-20-38)56-50-25-21-41(35(3)4)30-48(50)55-49-31-42(36(5)6)22-26-51(49)57(53-33-43(37(7)8)32-52(56)54(53)55)47-28-44(39-15-11-9-12-16-39)27-45(29-47)40-17-13-10-14-18-40/h9-37H,1-8H3. The van der Waals surface area contributed by atoms with Crippen molar-refractivity contribution in [1.82, 2.24) is 0 Å². The highest BCUT2D eigenvalue weighted by molar-refractivity contribution is 7.00. The molecule has 0 atom stereocenters. The van der Waals surface area contributed by atoms with Crippen molar-refractivity contribution in [2.75, 3.05) is 9.80 Å². The van der Waals surface area contributed by atoms with Crippen LogP contribution in [0.4, 0.5) is 34.1 Å². The van der Waals surface area contributed by atoms with Crippen molar-refractivity contribution in [3.05, 3.63) is 174 Å². The lowest BCUT2D eigenvalue weighted by atomic mass is 9.33. The van der Waals surface area contributed by atoms with Crippen molar-refractivity contribution >= 4 is 57.2 Å². The minimum absolute atomic E-state index is 0.0759. The number of fused-ring (bicyclic) bond motifs is 4. The fourth-order valence-electron chi connectivity index (χ4n) is 9.01. The maximum Gasteiger partial charge on any atom is 0.252 e. The zero-order valence-corrected chi connectivity index (χ0v) is 34.7. The summed E-state index contributed by atoms with van der Waals surface area (Å²) in [4.78, 5) is 5.16. The summed E-state index contributed by atoms with van der Waals surface area (Å²) in [6.07, 6.45) is 0. The first kappa shape index (κ1) is 36.8. The number of nitrogens with zero attached hydrogens (tertiary/aromatic N) is 2. The van der Waals surface area contributed by atoms with Crippen LogP contribution in [-0.2, 0) is 0 Å². The van der Waals surface area contributed by atoms with Crippen molar-refractivity contribution in [3.8, 4) is 22.3 Å². The van der Waals surface area contributed by atoms with Gasteiger partial charge >= 0.3 is 0 Å². The first-order valence-electron chi connectivity index (χ1n) is 21.0. The summed E-state index contributed by atoms with van der Waals surface area (Å²) in [6.45, 7) is 18.6. The SMILES string of the molecule is CC(C)c1ccc(N2c3ccc(C(C)C)cc3B3c4cc(C(C)C)ccc4N(c4cc(-c5ccccc5)cc(-c5ccccc5)c4)c4cc(C(C)C)cc2c43)cc1. The monoisotopic (exact) mass is 740 g/mol. The topological polar surface area (TPSA) is 6.48 Å². The molecular formula is C54H53BN2. The van der Waals surface area contributed by atoms with Crippen LogP contribution in [0.1, 0.15) is 101 Å². The molecule has 0 saturated heterocycles. The third kappa shape index (κ3) is 6.48. The molecule has 0 unspecified atom stereocenters. The normalized spacial score (nSPS) is 13.1. The number of rotatable bonds is 8. The van der Waals surface area contributed by atoms with Crippen LogP contribution >= 0.6 is 0 Å². The fraction of sp³-hybridized carbons (Fsp3) is 0.222. The zero-order chi connectivity index (χ0) is 39.5. The van der Waals surface area contributed by atoms with Crippen LogP contribution in [0.5, 0.6) is 0 Å². The molecule has 0 amide bonds. The maximum atomic E-state index is 2.59. The van der Waals surface area contributed by atoms with Gasteiger partial charge in [-0.1, -0.05) is 152 Å². The molecule has 3 heteroatoms. The molecular weight excluding hydrogens is 687 g/mol. The first-order valence-corrected chi connectivity index (χ1v) is 21.0. The molecule has 0 radical (unpaired) electrons. The third-order valence-electron chi connectivity index (χ3n) is 12.3. The molecule has 9 rings (SSSR count).